The molecule has 1 amide bonds. The van der Waals surface area contributed by atoms with Gasteiger partial charge in [-0.05, 0) is 37.3 Å². The van der Waals surface area contributed by atoms with Crippen LogP contribution < -0.4 is 10.2 Å². The summed E-state index contributed by atoms with van der Waals surface area (Å²) in [4.78, 5) is 18.9. The Morgan fingerprint density at radius 3 is 2.88 bits per heavy atom. The highest BCUT2D eigenvalue weighted by molar-refractivity contribution is 5.79. The van der Waals surface area contributed by atoms with Crippen LogP contribution in [0, 0.1) is 11.8 Å². The zero-order chi connectivity index (χ0) is 16.9. The molecule has 1 fully saturated rings. The average Bonchev–Trinajstić information content (AvgIpc) is 3.04. The van der Waals surface area contributed by atoms with E-state index in [-0.39, 0.29) is 18.4 Å². The maximum Gasteiger partial charge on any atom is 0.298 e. The van der Waals surface area contributed by atoms with Crippen LogP contribution in [0.1, 0.15) is 26.2 Å². The van der Waals surface area contributed by atoms with Crippen LogP contribution in [0.4, 0.5) is 6.01 Å². The summed E-state index contributed by atoms with van der Waals surface area (Å²) >= 11 is 0. The van der Waals surface area contributed by atoms with Crippen molar-refractivity contribution in [3.63, 3.8) is 0 Å². The van der Waals surface area contributed by atoms with E-state index in [2.05, 4.69) is 15.2 Å². The molecular weight excluding hydrogens is 306 g/mol. The van der Waals surface area contributed by atoms with Gasteiger partial charge in [-0.25, -0.2) is 0 Å². The molecule has 0 saturated carbocycles. The van der Waals surface area contributed by atoms with E-state index in [1.807, 2.05) is 31.2 Å². The third-order valence-electron chi connectivity index (χ3n) is 4.67. The maximum atomic E-state index is 12.3. The highest BCUT2D eigenvalue weighted by Gasteiger charge is 2.27. The van der Waals surface area contributed by atoms with Crippen LogP contribution in [0.3, 0.4) is 0 Å². The van der Waals surface area contributed by atoms with Crippen molar-refractivity contribution in [2.24, 2.45) is 11.8 Å². The number of aliphatic hydroxyl groups excluding tert-OH is 1. The van der Waals surface area contributed by atoms with Gasteiger partial charge >= 0.3 is 0 Å². The van der Waals surface area contributed by atoms with Gasteiger partial charge in [-0.15, -0.1) is 0 Å². The molecule has 2 heterocycles. The van der Waals surface area contributed by atoms with Crippen LogP contribution in [-0.2, 0) is 4.79 Å². The van der Waals surface area contributed by atoms with E-state index in [4.69, 9.17) is 9.52 Å². The number of oxazole rings is 1. The van der Waals surface area contributed by atoms with E-state index in [1.165, 1.54) is 0 Å². The third-order valence-corrected chi connectivity index (χ3v) is 4.67. The van der Waals surface area contributed by atoms with E-state index in [1.54, 1.807) is 0 Å². The minimum atomic E-state index is 0.0481. The molecule has 0 aliphatic carbocycles. The van der Waals surface area contributed by atoms with Crippen molar-refractivity contribution in [1.82, 2.24) is 10.3 Å². The lowest BCUT2D eigenvalue weighted by molar-refractivity contribution is -0.125. The van der Waals surface area contributed by atoms with Gasteiger partial charge in [-0.3, -0.25) is 4.79 Å². The Morgan fingerprint density at radius 2 is 2.17 bits per heavy atom. The zero-order valence-electron chi connectivity index (χ0n) is 14.1. The molecule has 2 N–H and O–H groups in total. The normalized spacial score (nSPS) is 17.2. The number of benzene rings is 1. The topological polar surface area (TPSA) is 78.6 Å². The smallest absolute Gasteiger partial charge is 0.298 e. The van der Waals surface area contributed by atoms with Gasteiger partial charge in [0.05, 0.1) is 0 Å². The highest BCUT2D eigenvalue weighted by Crippen LogP contribution is 2.26. The van der Waals surface area contributed by atoms with Crippen molar-refractivity contribution in [3.05, 3.63) is 24.3 Å². The Labute approximate surface area is 141 Å². The van der Waals surface area contributed by atoms with Crippen LogP contribution in [0.15, 0.2) is 28.7 Å². The first-order valence-electron chi connectivity index (χ1n) is 8.66. The number of piperidine rings is 1. The fourth-order valence-corrected chi connectivity index (χ4v) is 3.07. The van der Waals surface area contributed by atoms with Crippen LogP contribution in [-0.4, -0.2) is 42.2 Å². The summed E-state index contributed by atoms with van der Waals surface area (Å²) in [6, 6.07) is 8.39. The summed E-state index contributed by atoms with van der Waals surface area (Å²) < 4.78 is 5.80. The number of para-hydroxylation sites is 2. The van der Waals surface area contributed by atoms with Gasteiger partial charge in [0.1, 0.15) is 5.52 Å². The second-order valence-corrected chi connectivity index (χ2v) is 6.59. The zero-order valence-corrected chi connectivity index (χ0v) is 14.1. The Bertz CT molecular complexity index is 644. The summed E-state index contributed by atoms with van der Waals surface area (Å²) in [6.45, 7) is 4.38. The maximum absolute atomic E-state index is 12.3. The van der Waals surface area contributed by atoms with Crippen molar-refractivity contribution in [1.29, 1.82) is 0 Å². The lowest BCUT2D eigenvalue weighted by atomic mass is 9.96. The summed E-state index contributed by atoms with van der Waals surface area (Å²) in [7, 11) is 0. The Kier molecular flexibility index (Phi) is 5.35. The second kappa shape index (κ2) is 7.66. The first kappa shape index (κ1) is 16.8. The number of nitrogens with zero attached hydrogens (tertiary/aromatic N) is 2. The van der Waals surface area contributed by atoms with Crippen molar-refractivity contribution < 1.29 is 14.3 Å². The number of anilines is 1. The third kappa shape index (κ3) is 3.87. The first-order chi connectivity index (χ1) is 11.7. The molecule has 130 valence electrons. The van der Waals surface area contributed by atoms with Crippen LogP contribution >= 0.6 is 0 Å². The summed E-state index contributed by atoms with van der Waals surface area (Å²) in [5.74, 6) is 0.475. The molecule has 2 aromatic rings. The van der Waals surface area contributed by atoms with Gasteiger partial charge in [-0.1, -0.05) is 19.1 Å². The number of amides is 1. The fourth-order valence-electron chi connectivity index (χ4n) is 3.07. The quantitative estimate of drug-likeness (QED) is 0.848. The fraction of sp³-hybridized carbons (Fsp3) is 0.556. The van der Waals surface area contributed by atoms with E-state index in [0.29, 0.717) is 18.5 Å². The molecular formula is C18H25N3O3. The molecule has 1 saturated heterocycles. The summed E-state index contributed by atoms with van der Waals surface area (Å²) in [5, 5.41) is 11.9. The lowest BCUT2D eigenvalue weighted by Crippen LogP contribution is -2.41. The van der Waals surface area contributed by atoms with Crippen molar-refractivity contribution in [3.8, 4) is 0 Å². The van der Waals surface area contributed by atoms with Gasteiger partial charge in [0.15, 0.2) is 5.58 Å². The van der Waals surface area contributed by atoms with Crippen LogP contribution in [0.5, 0.6) is 0 Å². The number of aromatic nitrogens is 1. The molecule has 1 aromatic carbocycles. The monoisotopic (exact) mass is 331 g/mol. The predicted octanol–water partition coefficient (Wildman–Crippen LogP) is 2.18. The van der Waals surface area contributed by atoms with Crippen LogP contribution in [0.2, 0.25) is 0 Å². The van der Waals surface area contributed by atoms with E-state index in [9.17, 15) is 4.79 Å². The van der Waals surface area contributed by atoms with Crippen molar-refractivity contribution >= 4 is 23.0 Å². The van der Waals surface area contributed by atoms with Gasteiger partial charge in [0.2, 0.25) is 5.91 Å². The Balaban J connectivity index is 1.51. The number of carbonyl (C=O) groups excluding carboxylic acids is 1. The predicted molar refractivity (Wildman–Crippen MR) is 92.8 cm³/mol. The average molecular weight is 331 g/mol. The second-order valence-electron chi connectivity index (χ2n) is 6.59. The Morgan fingerprint density at radius 1 is 1.42 bits per heavy atom. The molecule has 3 rings (SSSR count). The minimum absolute atomic E-state index is 0.0481. The summed E-state index contributed by atoms with van der Waals surface area (Å²) in [6.07, 6.45) is 2.33. The van der Waals surface area contributed by atoms with Gasteiger partial charge in [0, 0.05) is 32.2 Å². The van der Waals surface area contributed by atoms with Gasteiger partial charge < -0.3 is 19.7 Å². The molecule has 6 heteroatoms. The minimum Gasteiger partial charge on any atom is -0.423 e. The molecule has 0 spiro atoms. The molecule has 24 heavy (non-hydrogen) atoms. The molecule has 0 bridgehead atoms. The molecule has 1 unspecified atom stereocenters. The van der Waals surface area contributed by atoms with E-state index < -0.39 is 0 Å². The van der Waals surface area contributed by atoms with Crippen molar-refractivity contribution in [2.75, 3.05) is 31.1 Å². The van der Waals surface area contributed by atoms with Crippen LogP contribution in [0.25, 0.3) is 11.1 Å². The molecule has 1 aliphatic heterocycles. The number of rotatable bonds is 6. The van der Waals surface area contributed by atoms with Gasteiger partial charge in [-0.2, -0.15) is 4.98 Å². The standard InChI is InChI=1S/C18H25N3O3/c1-13(8-11-22)12-19-17(23)14-6-9-21(10-7-14)18-20-15-4-2-3-5-16(15)24-18/h2-5,13-14,22H,6-12H2,1H3,(H,19,23). The van der Waals surface area contributed by atoms with E-state index >= 15 is 0 Å². The molecule has 1 aromatic heterocycles. The lowest BCUT2D eigenvalue weighted by Gasteiger charge is -2.30. The largest absolute Gasteiger partial charge is 0.423 e. The number of hydrogen-bond acceptors (Lipinski definition) is 5. The molecule has 0 radical (unpaired) electrons. The highest BCUT2D eigenvalue weighted by atomic mass is 16.4. The molecule has 1 aliphatic rings. The van der Waals surface area contributed by atoms with Crippen molar-refractivity contribution in [2.45, 2.75) is 26.2 Å². The number of hydrogen-bond donors (Lipinski definition) is 2. The molecule has 1 atom stereocenters. The number of nitrogens with one attached hydrogen (secondary N) is 1. The summed E-state index contributed by atoms with van der Waals surface area (Å²) in [5.41, 5.74) is 1.66. The number of aliphatic hydroxyl groups is 1. The number of fused-ring (bicyclic) bond motifs is 1. The SMILES string of the molecule is CC(CCO)CNC(=O)C1CCN(c2nc3ccccc3o2)CC1. The Hall–Kier alpha value is -2.08. The van der Waals surface area contributed by atoms with E-state index in [0.717, 1.165) is 43.5 Å². The first-order valence-corrected chi connectivity index (χ1v) is 8.66. The number of carbonyl (C=O) groups is 1. The van der Waals surface area contributed by atoms with Gasteiger partial charge in [0.25, 0.3) is 6.01 Å². The molecule has 6 nitrogen and oxygen atoms in total.